The highest BCUT2D eigenvalue weighted by Gasteiger charge is 2.27. The van der Waals surface area contributed by atoms with Crippen LogP contribution in [0.5, 0.6) is 0 Å². The molecule has 1 aromatic carbocycles. The lowest BCUT2D eigenvalue weighted by Gasteiger charge is -2.32. The molecular weight excluding hydrogens is 414 g/mol. The minimum atomic E-state index is -0.310. The Bertz CT molecular complexity index is 1040. The van der Waals surface area contributed by atoms with Gasteiger partial charge in [-0.15, -0.1) is 11.3 Å². The molecule has 3 heterocycles. The molecule has 8 heteroatoms. The highest BCUT2D eigenvalue weighted by molar-refractivity contribution is 7.18. The largest absolute Gasteiger partial charge is 0.455 e. The number of thiophene rings is 1. The number of likely N-dealkylation sites (tertiary alicyclic amines) is 1. The lowest BCUT2D eigenvalue weighted by Crippen LogP contribution is -2.49. The Kier molecular flexibility index (Phi) is 6.46. The molecule has 1 atom stereocenters. The predicted molar refractivity (Wildman–Crippen MR) is 122 cm³/mol. The lowest BCUT2D eigenvalue weighted by molar-refractivity contribution is 0.0798. The van der Waals surface area contributed by atoms with Crippen LogP contribution in [-0.4, -0.2) is 42.6 Å². The van der Waals surface area contributed by atoms with Crippen LogP contribution < -0.4 is 11.1 Å². The van der Waals surface area contributed by atoms with Gasteiger partial charge in [-0.25, -0.2) is 4.79 Å². The molecule has 1 aliphatic rings. The fourth-order valence-electron chi connectivity index (χ4n) is 3.71. The Labute approximate surface area is 185 Å². The van der Waals surface area contributed by atoms with Crippen molar-refractivity contribution in [2.75, 3.05) is 25.4 Å². The zero-order valence-corrected chi connectivity index (χ0v) is 18.4. The van der Waals surface area contributed by atoms with Gasteiger partial charge >= 0.3 is 6.09 Å². The van der Waals surface area contributed by atoms with Gasteiger partial charge in [0.25, 0.3) is 5.91 Å². The first-order valence-corrected chi connectivity index (χ1v) is 11.5. The fraction of sp³-hybridized carbons (Fsp3) is 0.391. The maximum atomic E-state index is 12.9. The van der Waals surface area contributed by atoms with Gasteiger partial charge in [-0.05, 0) is 37.5 Å². The molecule has 164 valence electrons. The second kappa shape index (κ2) is 9.43. The molecule has 2 amide bonds. The van der Waals surface area contributed by atoms with Crippen molar-refractivity contribution in [3.05, 3.63) is 41.3 Å². The molecular formula is C23H27N3O4S. The number of fused-ring (bicyclic) bond motifs is 1. The van der Waals surface area contributed by atoms with Crippen LogP contribution in [0, 0.1) is 0 Å². The molecule has 3 N–H and O–H groups in total. The van der Waals surface area contributed by atoms with Gasteiger partial charge < -0.3 is 25.1 Å². The fourth-order valence-corrected chi connectivity index (χ4v) is 4.65. The van der Waals surface area contributed by atoms with Gasteiger partial charge in [0.2, 0.25) is 0 Å². The molecule has 0 aliphatic carbocycles. The summed E-state index contributed by atoms with van der Waals surface area (Å²) in [7, 11) is 0. The highest BCUT2D eigenvalue weighted by atomic mass is 32.1. The Morgan fingerprint density at radius 2 is 2.16 bits per heavy atom. The Balaban J connectivity index is 1.41. The van der Waals surface area contributed by atoms with Crippen molar-refractivity contribution >= 4 is 40.0 Å². The molecule has 0 unspecified atom stereocenters. The van der Waals surface area contributed by atoms with Gasteiger partial charge in [0.1, 0.15) is 16.2 Å². The van der Waals surface area contributed by atoms with Crippen LogP contribution >= 0.6 is 11.3 Å². The predicted octanol–water partition coefficient (Wildman–Crippen LogP) is 4.87. The zero-order valence-electron chi connectivity index (χ0n) is 17.6. The van der Waals surface area contributed by atoms with E-state index in [9.17, 15) is 9.59 Å². The number of furan rings is 1. The number of benzene rings is 1. The van der Waals surface area contributed by atoms with E-state index in [4.69, 9.17) is 14.9 Å². The van der Waals surface area contributed by atoms with E-state index in [0.717, 1.165) is 41.5 Å². The van der Waals surface area contributed by atoms with E-state index in [0.29, 0.717) is 36.0 Å². The number of ether oxygens (including phenoxy) is 1. The molecule has 3 aromatic rings. The molecule has 1 aliphatic heterocycles. The SMILES string of the molecule is CCCCOC(=O)N1CCC[C@H](NC(=O)c2sc(-c3cc4ccccc4o3)cc2N)C1. The van der Waals surface area contributed by atoms with Crippen LogP contribution in [0.25, 0.3) is 21.6 Å². The molecule has 0 spiro atoms. The summed E-state index contributed by atoms with van der Waals surface area (Å²) in [5, 5.41) is 4.03. The van der Waals surface area contributed by atoms with Gasteiger partial charge in [0.15, 0.2) is 0 Å². The number of nitrogens with zero attached hydrogens (tertiary/aromatic N) is 1. The maximum Gasteiger partial charge on any atom is 0.409 e. The first-order valence-electron chi connectivity index (χ1n) is 10.7. The zero-order chi connectivity index (χ0) is 21.8. The number of piperidine rings is 1. The number of nitrogens with one attached hydrogen (secondary N) is 1. The maximum absolute atomic E-state index is 12.9. The number of carbonyl (C=O) groups excluding carboxylic acids is 2. The highest BCUT2D eigenvalue weighted by Crippen LogP contribution is 2.36. The van der Waals surface area contributed by atoms with Gasteiger partial charge in [-0.3, -0.25) is 4.79 Å². The number of carbonyl (C=O) groups is 2. The molecule has 0 radical (unpaired) electrons. The summed E-state index contributed by atoms with van der Waals surface area (Å²) in [5.41, 5.74) is 7.36. The van der Waals surface area contributed by atoms with Gasteiger partial charge in [0, 0.05) is 24.5 Å². The van der Waals surface area contributed by atoms with Gasteiger partial charge in [-0.2, -0.15) is 0 Å². The number of unbranched alkanes of at least 4 members (excludes halogenated alkanes) is 1. The number of para-hydroxylation sites is 1. The van der Waals surface area contributed by atoms with E-state index in [1.807, 2.05) is 30.3 Å². The molecule has 2 aromatic heterocycles. The van der Waals surface area contributed by atoms with Crippen LogP contribution in [0.4, 0.5) is 10.5 Å². The normalized spacial score (nSPS) is 16.4. The Morgan fingerprint density at radius 3 is 2.97 bits per heavy atom. The van der Waals surface area contributed by atoms with Crippen molar-refractivity contribution in [3.63, 3.8) is 0 Å². The summed E-state index contributed by atoms with van der Waals surface area (Å²) in [4.78, 5) is 28.1. The van der Waals surface area contributed by atoms with Crippen LogP contribution in [0.2, 0.25) is 0 Å². The van der Waals surface area contributed by atoms with E-state index in [1.54, 1.807) is 11.0 Å². The number of rotatable bonds is 6. The molecule has 0 saturated carbocycles. The number of amides is 2. The first kappa shape index (κ1) is 21.2. The van der Waals surface area contributed by atoms with E-state index < -0.39 is 0 Å². The van der Waals surface area contributed by atoms with E-state index in [-0.39, 0.29) is 18.0 Å². The summed E-state index contributed by atoms with van der Waals surface area (Å²) in [6.07, 6.45) is 3.15. The number of nitrogen functional groups attached to an aromatic ring is 1. The second-order valence-electron chi connectivity index (χ2n) is 7.77. The first-order chi connectivity index (χ1) is 15.0. The van der Waals surface area contributed by atoms with E-state index in [1.165, 1.54) is 11.3 Å². The lowest BCUT2D eigenvalue weighted by atomic mass is 10.1. The van der Waals surface area contributed by atoms with Gasteiger partial charge in [-0.1, -0.05) is 31.5 Å². The summed E-state index contributed by atoms with van der Waals surface area (Å²) in [6.45, 7) is 3.57. The average molecular weight is 442 g/mol. The van der Waals surface area contributed by atoms with E-state index in [2.05, 4.69) is 12.2 Å². The van der Waals surface area contributed by atoms with Crippen molar-refractivity contribution in [2.24, 2.45) is 0 Å². The molecule has 1 saturated heterocycles. The molecule has 4 rings (SSSR count). The van der Waals surface area contributed by atoms with E-state index >= 15 is 0 Å². The molecule has 31 heavy (non-hydrogen) atoms. The van der Waals surface area contributed by atoms with Gasteiger partial charge in [0.05, 0.1) is 17.2 Å². The van der Waals surface area contributed by atoms with Crippen molar-refractivity contribution in [2.45, 2.75) is 38.6 Å². The Hall–Kier alpha value is -3.00. The van der Waals surface area contributed by atoms with Crippen molar-refractivity contribution in [3.8, 4) is 10.6 Å². The second-order valence-corrected chi connectivity index (χ2v) is 8.82. The minimum absolute atomic E-state index is 0.129. The molecule has 1 fully saturated rings. The number of nitrogens with two attached hydrogens (primary N) is 1. The smallest absolute Gasteiger partial charge is 0.409 e. The van der Waals surface area contributed by atoms with Crippen LogP contribution in [-0.2, 0) is 4.74 Å². The third kappa shape index (κ3) is 4.85. The van der Waals surface area contributed by atoms with Crippen LogP contribution in [0.3, 0.4) is 0 Å². The Morgan fingerprint density at radius 1 is 1.32 bits per heavy atom. The standard InChI is InChI=1S/C23H27N3O4S/c1-2-3-11-29-23(28)26-10-6-8-16(14-26)25-22(27)21-17(24)13-20(31-21)19-12-15-7-4-5-9-18(15)30-19/h4-5,7,9,12-13,16H,2-3,6,8,10-11,14,24H2,1H3,(H,25,27)/t16-/m0/s1. The average Bonchev–Trinajstić information content (AvgIpc) is 3.37. The van der Waals surface area contributed by atoms with Crippen LogP contribution in [0.1, 0.15) is 42.3 Å². The third-order valence-corrected chi connectivity index (χ3v) is 6.54. The van der Waals surface area contributed by atoms with Crippen LogP contribution in [0.15, 0.2) is 40.8 Å². The molecule has 0 bridgehead atoms. The topological polar surface area (TPSA) is 97.8 Å². The summed E-state index contributed by atoms with van der Waals surface area (Å²) < 4.78 is 11.2. The minimum Gasteiger partial charge on any atom is -0.455 e. The quantitative estimate of drug-likeness (QED) is 0.532. The molecule has 7 nitrogen and oxygen atoms in total. The summed E-state index contributed by atoms with van der Waals surface area (Å²) >= 11 is 1.31. The number of hydrogen-bond donors (Lipinski definition) is 2. The van der Waals surface area contributed by atoms with Crippen molar-refractivity contribution in [1.82, 2.24) is 10.2 Å². The summed E-state index contributed by atoms with van der Waals surface area (Å²) in [5.74, 6) is 0.465. The van der Waals surface area contributed by atoms with Crippen molar-refractivity contribution in [1.29, 1.82) is 0 Å². The monoisotopic (exact) mass is 441 g/mol. The van der Waals surface area contributed by atoms with Crippen molar-refractivity contribution < 1.29 is 18.7 Å². The third-order valence-electron chi connectivity index (χ3n) is 5.37. The summed E-state index contributed by atoms with van der Waals surface area (Å²) in [6, 6.07) is 11.4. The number of anilines is 1. The number of hydrogen-bond acceptors (Lipinski definition) is 6.